The summed E-state index contributed by atoms with van der Waals surface area (Å²) >= 11 is 0. The summed E-state index contributed by atoms with van der Waals surface area (Å²) in [6.07, 6.45) is 1.31. The third-order valence-electron chi connectivity index (χ3n) is 5.22. The van der Waals surface area contributed by atoms with E-state index in [0.717, 1.165) is 36.8 Å². The minimum Gasteiger partial charge on any atom is -0.496 e. The molecule has 3 rings (SSSR count). The third-order valence-corrected chi connectivity index (χ3v) is 5.22. The minimum atomic E-state index is 0. The van der Waals surface area contributed by atoms with Gasteiger partial charge in [0.25, 0.3) is 0 Å². The van der Waals surface area contributed by atoms with Crippen LogP contribution in [0.1, 0.15) is 29.5 Å². The van der Waals surface area contributed by atoms with Gasteiger partial charge in [-0.25, -0.2) is 0 Å². The number of halogens is 1. The van der Waals surface area contributed by atoms with Crippen molar-refractivity contribution in [3.63, 3.8) is 0 Å². The molecule has 0 radical (unpaired) electrons. The van der Waals surface area contributed by atoms with Gasteiger partial charge in [-0.1, -0.05) is 42.5 Å². The first-order chi connectivity index (χ1) is 14.1. The maximum Gasteiger partial charge on any atom is 0.223 e. The Morgan fingerprint density at radius 3 is 2.40 bits per heavy atom. The number of rotatable bonds is 7. The predicted octanol–water partition coefficient (Wildman–Crippen LogP) is 3.64. The lowest BCUT2D eigenvalue weighted by atomic mass is 10.1. The van der Waals surface area contributed by atoms with Gasteiger partial charge in [-0.2, -0.15) is 0 Å². The molecule has 0 aromatic heterocycles. The summed E-state index contributed by atoms with van der Waals surface area (Å²) in [6, 6.07) is 16.2. The Kier molecular flexibility index (Phi) is 9.42. The van der Waals surface area contributed by atoms with Crippen LogP contribution >= 0.6 is 24.0 Å². The maximum absolute atomic E-state index is 12.5. The van der Waals surface area contributed by atoms with Crippen LogP contribution in [-0.4, -0.2) is 49.4 Å². The summed E-state index contributed by atoms with van der Waals surface area (Å²) in [4.78, 5) is 20.9. The van der Waals surface area contributed by atoms with E-state index in [1.165, 1.54) is 11.1 Å². The second-order valence-corrected chi connectivity index (χ2v) is 7.26. The van der Waals surface area contributed by atoms with Crippen molar-refractivity contribution < 1.29 is 9.53 Å². The van der Waals surface area contributed by atoms with Gasteiger partial charge in [0.05, 0.1) is 7.11 Å². The zero-order chi connectivity index (χ0) is 20.6. The summed E-state index contributed by atoms with van der Waals surface area (Å²) < 4.78 is 5.43. The lowest BCUT2D eigenvalue weighted by Crippen LogP contribution is -2.39. The second-order valence-electron chi connectivity index (χ2n) is 7.26. The van der Waals surface area contributed by atoms with E-state index in [4.69, 9.17) is 4.74 Å². The van der Waals surface area contributed by atoms with E-state index in [-0.39, 0.29) is 29.9 Å². The molecule has 0 bridgehead atoms. The van der Waals surface area contributed by atoms with Crippen LogP contribution in [0.4, 0.5) is 0 Å². The van der Waals surface area contributed by atoms with Crippen LogP contribution < -0.4 is 10.1 Å². The number of hydrogen-bond acceptors (Lipinski definition) is 3. The van der Waals surface area contributed by atoms with E-state index < -0.39 is 0 Å². The average molecular weight is 522 g/mol. The Labute approximate surface area is 196 Å². The van der Waals surface area contributed by atoms with Crippen LogP contribution in [-0.2, 0) is 24.4 Å². The number of guanidine groups is 1. The SMILES string of the molecule is CN=C(NCCCC(=O)N1Cc2ccccc2C1)N(C)Cc1ccccc1OC.I. The Hall–Kier alpha value is -2.29. The van der Waals surface area contributed by atoms with Crippen LogP contribution in [0.25, 0.3) is 0 Å². The standard InChI is InChI=1S/C23H30N4O2.HI/c1-24-23(26(2)15-20-11-6-7-12-21(20)29-3)25-14-8-13-22(28)27-16-18-9-4-5-10-19(18)17-27;/h4-7,9-12H,8,13-17H2,1-3H3,(H,24,25);1H. The third kappa shape index (κ3) is 6.10. The number of nitrogens with one attached hydrogen (secondary N) is 1. The van der Waals surface area contributed by atoms with E-state index in [2.05, 4.69) is 33.4 Å². The molecule has 162 valence electrons. The minimum absolute atomic E-state index is 0. The van der Waals surface area contributed by atoms with Gasteiger partial charge in [-0.3, -0.25) is 9.79 Å². The van der Waals surface area contributed by atoms with E-state index in [1.54, 1.807) is 14.2 Å². The molecule has 2 aromatic carbocycles. The number of aliphatic imine (C=N–C) groups is 1. The molecule has 0 saturated carbocycles. The Morgan fingerprint density at radius 2 is 1.77 bits per heavy atom. The van der Waals surface area contributed by atoms with E-state index >= 15 is 0 Å². The largest absolute Gasteiger partial charge is 0.496 e. The number of carbonyl (C=O) groups is 1. The monoisotopic (exact) mass is 522 g/mol. The number of carbonyl (C=O) groups excluding carboxylic acids is 1. The molecule has 1 heterocycles. The number of methoxy groups -OCH3 is 1. The van der Waals surface area contributed by atoms with Crippen molar-refractivity contribution in [2.24, 2.45) is 4.99 Å². The van der Waals surface area contributed by atoms with Gasteiger partial charge in [0.15, 0.2) is 5.96 Å². The fourth-order valence-electron chi connectivity index (χ4n) is 3.66. The summed E-state index contributed by atoms with van der Waals surface area (Å²) in [5.74, 6) is 1.88. The topological polar surface area (TPSA) is 57.2 Å². The van der Waals surface area contributed by atoms with Crippen molar-refractivity contribution in [2.75, 3.05) is 27.7 Å². The lowest BCUT2D eigenvalue weighted by Gasteiger charge is -2.23. The van der Waals surface area contributed by atoms with Crippen LogP contribution in [0.5, 0.6) is 5.75 Å². The van der Waals surface area contributed by atoms with Gasteiger partial charge < -0.3 is 19.9 Å². The number of ether oxygens (including phenoxy) is 1. The van der Waals surface area contributed by atoms with Gasteiger partial charge in [-0.05, 0) is 23.6 Å². The van der Waals surface area contributed by atoms with E-state index in [1.807, 2.05) is 42.3 Å². The highest BCUT2D eigenvalue weighted by molar-refractivity contribution is 14.0. The van der Waals surface area contributed by atoms with Gasteiger partial charge in [0.1, 0.15) is 5.75 Å². The lowest BCUT2D eigenvalue weighted by molar-refractivity contribution is -0.131. The molecule has 0 unspecified atom stereocenters. The molecule has 1 N–H and O–H groups in total. The van der Waals surface area contributed by atoms with Gasteiger partial charge in [-0.15, -0.1) is 24.0 Å². The molecule has 2 aromatic rings. The highest BCUT2D eigenvalue weighted by Gasteiger charge is 2.22. The quantitative estimate of drug-likeness (QED) is 0.261. The van der Waals surface area contributed by atoms with Crippen LogP contribution in [0, 0.1) is 0 Å². The molecule has 0 saturated heterocycles. The van der Waals surface area contributed by atoms with Crippen molar-refractivity contribution in [2.45, 2.75) is 32.5 Å². The molecule has 0 aliphatic carbocycles. The van der Waals surface area contributed by atoms with Gasteiger partial charge in [0, 0.05) is 52.3 Å². The molecule has 0 spiro atoms. The predicted molar refractivity (Wildman–Crippen MR) is 131 cm³/mol. The Morgan fingerprint density at radius 1 is 1.13 bits per heavy atom. The van der Waals surface area contributed by atoms with Crippen molar-refractivity contribution >= 4 is 35.8 Å². The molecular weight excluding hydrogens is 491 g/mol. The van der Waals surface area contributed by atoms with Crippen molar-refractivity contribution in [1.82, 2.24) is 15.1 Å². The zero-order valence-electron chi connectivity index (χ0n) is 17.9. The second kappa shape index (κ2) is 11.8. The number of benzene rings is 2. The maximum atomic E-state index is 12.5. The molecule has 1 aliphatic heterocycles. The highest BCUT2D eigenvalue weighted by Crippen LogP contribution is 2.23. The number of nitrogens with zero attached hydrogens (tertiary/aromatic N) is 3. The first-order valence-electron chi connectivity index (χ1n) is 10.0. The number of hydrogen-bond donors (Lipinski definition) is 1. The average Bonchev–Trinajstić information content (AvgIpc) is 3.18. The summed E-state index contributed by atoms with van der Waals surface area (Å²) in [5.41, 5.74) is 3.62. The smallest absolute Gasteiger partial charge is 0.223 e. The van der Waals surface area contributed by atoms with E-state index in [9.17, 15) is 4.79 Å². The zero-order valence-corrected chi connectivity index (χ0v) is 20.3. The first kappa shape index (κ1) is 24.0. The molecular formula is C23H31IN4O2. The fourth-order valence-corrected chi connectivity index (χ4v) is 3.66. The number of amides is 1. The number of para-hydroxylation sites is 1. The summed E-state index contributed by atoms with van der Waals surface area (Å²) in [6.45, 7) is 2.85. The molecule has 7 heteroatoms. The summed E-state index contributed by atoms with van der Waals surface area (Å²) in [5, 5.41) is 3.35. The Bertz CT molecular complexity index is 847. The van der Waals surface area contributed by atoms with Crippen molar-refractivity contribution in [1.29, 1.82) is 0 Å². The van der Waals surface area contributed by atoms with Crippen LogP contribution in [0.2, 0.25) is 0 Å². The van der Waals surface area contributed by atoms with Crippen molar-refractivity contribution in [3.05, 3.63) is 65.2 Å². The van der Waals surface area contributed by atoms with Crippen molar-refractivity contribution in [3.8, 4) is 5.75 Å². The number of fused-ring (bicyclic) bond motifs is 1. The molecule has 0 atom stereocenters. The molecule has 30 heavy (non-hydrogen) atoms. The van der Waals surface area contributed by atoms with Crippen LogP contribution in [0.15, 0.2) is 53.5 Å². The highest BCUT2D eigenvalue weighted by atomic mass is 127. The van der Waals surface area contributed by atoms with E-state index in [0.29, 0.717) is 19.5 Å². The fraction of sp³-hybridized carbons (Fsp3) is 0.391. The van der Waals surface area contributed by atoms with Gasteiger partial charge >= 0.3 is 0 Å². The molecule has 1 amide bonds. The molecule has 1 aliphatic rings. The first-order valence-corrected chi connectivity index (χ1v) is 10.0. The Balaban J connectivity index is 0.00000320. The molecule has 6 nitrogen and oxygen atoms in total. The molecule has 0 fully saturated rings. The van der Waals surface area contributed by atoms with Gasteiger partial charge in [0.2, 0.25) is 5.91 Å². The summed E-state index contributed by atoms with van der Waals surface area (Å²) in [7, 11) is 5.45. The van der Waals surface area contributed by atoms with Crippen LogP contribution in [0.3, 0.4) is 0 Å². The normalized spacial score (nSPS) is 12.8.